The monoisotopic (exact) mass is 396 g/mol. The zero-order valence-corrected chi connectivity index (χ0v) is 16.0. The lowest BCUT2D eigenvalue weighted by Crippen LogP contribution is -2.49. The van der Waals surface area contributed by atoms with Crippen LogP contribution in [-0.2, 0) is 10.0 Å². The van der Waals surface area contributed by atoms with Gasteiger partial charge in [0.05, 0.1) is 11.0 Å². The van der Waals surface area contributed by atoms with E-state index in [1.807, 2.05) is 13.8 Å². The van der Waals surface area contributed by atoms with Crippen molar-refractivity contribution in [3.8, 4) is 5.75 Å². The van der Waals surface area contributed by atoms with Gasteiger partial charge in [0, 0.05) is 26.2 Å². The molecule has 2 aromatic rings. The van der Waals surface area contributed by atoms with E-state index in [0.29, 0.717) is 5.75 Å². The number of hydrogen-bond donors (Lipinski definition) is 0. The Morgan fingerprint density at radius 3 is 2.00 bits per heavy atom. The number of piperazine rings is 1. The van der Waals surface area contributed by atoms with Crippen LogP contribution in [0.3, 0.4) is 0 Å². The Hall–Kier alpha value is -2.19. The first kappa shape index (κ1) is 19.6. The Labute approximate surface area is 158 Å². The molecule has 1 aliphatic rings. The smallest absolute Gasteiger partial charge is 0.243 e. The number of sulfonamides is 1. The molecule has 8 heteroatoms. The van der Waals surface area contributed by atoms with Crippen LogP contribution in [0.25, 0.3) is 0 Å². The average molecular weight is 396 g/mol. The number of halogens is 2. The van der Waals surface area contributed by atoms with Crippen LogP contribution < -0.4 is 9.64 Å². The van der Waals surface area contributed by atoms with Gasteiger partial charge < -0.3 is 9.64 Å². The summed E-state index contributed by atoms with van der Waals surface area (Å²) in [6.07, 6.45) is -0.000637. The molecule has 0 amide bonds. The molecule has 3 rings (SSSR count). The molecule has 27 heavy (non-hydrogen) atoms. The van der Waals surface area contributed by atoms with Gasteiger partial charge in [-0.2, -0.15) is 4.31 Å². The Morgan fingerprint density at radius 2 is 1.48 bits per heavy atom. The van der Waals surface area contributed by atoms with Crippen molar-refractivity contribution < 1.29 is 21.9 Å². The molecule has 0 aliphatic carbocycles. The summed E-state index contributed by atoms with van der Waals surface area (Å²) >= 11 is 0. The van der Waals surface area contributed by atoms with Gasteiger partial charge in [-0.05, 0) is 50.2 Å². The van der Waals surface area contributed by atoms with Crippen molar-refractivity contribution in [1.82, 2.24) is 4.31 Å². The van der Waals surface area contributed by atoms with E-state index in [1.54, 1.807) is 12.1 Å². The summed E-state index contributed by atoms with van der Waals surface area (Å²) in [6.45, 7) is 4.52. The minimum absolute atomic E-state index is 0.000637. The lowest BCUT2D eigenvalue weighted by Gasteiger charge is -2.35. The van der Waals surface area contributed by atoms with E-state index in [9.17, 15) is 17.2 Å². The van der Waals surface area contributed by atoms with Crippen molar-refractivity contribution in [3.05, 3.63) is 54.1 Å². The molecule has 2 aromatic carbocycles. The van der Waals surface area contributed by atoms with Gasteiger partial charge in [-0.1, -0.05) is 6.07 Å². The second-order valence-corrected chi connectivity index (χ2v) is 8.54. The minimum Gasteiger partial charge on any atom is -0.491 e. The molecular weight excluding hydrogens is 374 g/mol. The molecule has 0 N–H and O–H groups in total. The van der Waals surface area contributed by atoms with Crippen LogP contribution >= 0.6 is 0 Å². The lowest BCUT2D eigenvalue weighted by molar-refractivity contribution is 0.242. The van der Waals surface area contributed by atoms with Gasteiger partial charge in [-0.15, -0.1) is 0 Å². The first-order valence-electron chi connectivity index (χ1n) is 8.75. The Morgan fingerprint density at radius 1 is 0.926 bits per heavy atom. The topological polar surface area (TPSA) is 49.9 Å². The maximum absolute atomic E-state index is 13.9. The molecule has 5 nitrogen and oxygen atoms in total. The summed E-state index contributed by atoms with van der Waals surface area (Å²) in [6, 6.07) is 9.97. The average Bonchev–Trinajstić information content (AvgIpc) is 2.62. The van der Waals surface area contributed by atoms with Crippen LogP contribution in [0.4, 0.5) is 14.5 Å². The van der Waals surface area contributed by atoms with Crippen LogP contribution in [0.1, 0.15) is 13.8 Å². The number of hydrogen-bond acceptors (Lipinski definition) is 4. The number of nitrogens with zero attached hydrogens (tertiary/aromatic N) is 2. The molecule has 1 heterocycles. The summed E-state index contributed by atoms with van der Waals surface area (Å²) in [4.78, 5) is 1.71. The molecule has 1 fully saturated rings. The van der Waals surface area contributed by atoms with Crippen LogP contribution in [0.15, 0.2) is 47.4 Å². The normalized spacial score (nSPS) is 16.0. The maximum Gasteiger partial charge on any atom is 0.243 e. The van der Waals surface area contributed by atoms with Gasteiger partial charge in [0.1, 0.15) is 23.1 Å². The number of benzene rings is 2. The zero-order valence-electron chi connectivity index (χ0n) is 15.2. The van der Waals surface area contributed by atoms with Gasteiger partial charge in [-0.25, -0.2) is 17.2 Å². The second kappa shape index (κ2) is 7.82. The van der Waals surface area contributed by atoms with E-state index < -0.39 is 21.7 Å². The first-order chi connectivity index (χ1) is 12.8. The fourth-order valence-corrected chi connectivity index (χ4v) is 4.48. The van der Waals surface area contributed by atoms with Crippen LogP contribution in [0.5, 0.6) is 5.75 Å². The SMILES string of the molecule is CC(C)Oc1ccc(S(=O)(=O)N2CCN(c3c(F)cccc3F)CC2)cc1. The van der Waals surface area contributed by atoms with Crippen molar-refractivity contribution in [2.45, 2.75) is 24.8 Å². The summed E-state index contributed by atoms with van der Waals surface area (Å²) in [5.74, 6) is -0.692. The van der Waals surface area contributed by atoms with E-state index >= 15 is 0 Å². The lowest BCUT2D eigenvalue weighted by atomic mass is 10.2. The first-order valence-corrected chi connectivity index (χ1v) is 10.2. The zero-order chi connectivity index (χ0) is 19.6. The Kier molecular flexibility index (Phi) is 5.67. The number of anilines is 1. The molecule has 0 spiro atoms. The minimum atomic E-state index is -3.67. The highest BCUT2D eigenvalue weighted by molar-refractivity contribution is 7.89. The van der Waals surface area contributed by atoms with Crippen molar-refractivity contribution in [2.75, 3.05) is 31.1 Å². The van der Waals surface area contributed by atoms with Crippen molar-refractivity contribution in [1.29, 1.82) is 0 Å². The predicted molar refractivity (Wildman–Crippen MR) is 99.5 cm³/mol. The molecule has 1 aliphatic heterocycles. The van der Waals surface area contributed by atoms with Gasteiger partial charge in [0.25, 0.3) is 0 Å². The van der Waals surface area contributed by atoms with Crippen molar-refractivity contribution in [2.24, 2.45) is 0 Å². The van der Waals surface area contributed by atoms with Crippen LogP contribution in [0.2, 0.25) is 0 Å². The molecular formula is C19H22F2N2O3S. The van der Waals surface area contributed by atoms with Gasteiger partial charge in [0.2, 0.25) is 10.0 Å². The van der Waals surface area contributed by atoms with Gasteiger partial charge in [-0.3, -0.25) is 0 Å². The fourth-order valence-electron chi connectivity index (χ4n) is 3.05. The summed E-state index contributed by atoms with van der Waals surface area (Å²) in [5.41, 5.74) is -0.107. The van der Waals surface area contributed by atoms with Gasteiger partial charge >= 0.3 is 0 Å². The molecule has 0 bridgehead atoms. The fraction of sp³-hybridized carbons (Fsp3) is 0.368. The van der Waals surface area contributed by atoms with E-state index in [0.717, 1.165) is 0 Å². The molecule has 0 aromatic heterocycles. The molecule has 0 atom stereocenters. The number of para-hydroxylation sites is 1. The van der Waals surface area contributed by atoms with Gasteiger partial charge in [0.15, 0.2) is 0 Å². The molecule has 1 saturated heterocycles. The summed E-state index contributed by atoms with van der Waals surface area (Å²) in [5, 5.41) is 0. The largest absolute Gasteiger partial charge is 0.491 e. The van der Waals surface area contributed by atoms with Crippen molar-refractivity contribution in [3.63, 3.8) is 0 Å². The second-order valence-electron chi connectivity index (χ2n) is 6.60. The summed E-state index contributed by atoms with van der Waals surface area (Å²) in [7, 11) is -3.67. The third-order valence-corrected chi connectivity index (χ3v) is 6.24. The van der Waals surface area contributed by atoms with E-state index in [4.69, 9.17) is 4.74 Å². The standard InChI is InChI=1S/C19H22F2N2O3S/c1-14(2)26-15-6-8-16(9-7-15)27(24,25)23-12-10-22(11-13-23)19-17(20)4-3-5-18(19)21/h3-9,14H,10-13H2,1-2H3. The highest BCUT2D eigenvalue weighted by Gasteiger charge is 2.30. The quantitative estimate of drug-likeness (QED) is 0.779. The third kappa shape index (κ3) is 4.22. The Balaban J connectivity index is 1.71. The third-order valence-electron chi connectivity index (χ3n) is 4.33. The van der Waals surface area contributed by atoms with E-state index in [2.05, 4.69) is 0 Å². The predicted octanol–water partition coefficient (Wildman–Crippen LogP) is 3.26. The number of rotatable bonds is 5. The van der Waals surface area contributed by atoms with Crippen LogP contribution in [-0.4, -0.2) is 45.0 Å². The van der Waals surface area contributed by atoms with E-state index in [1.165, 1.54) is 39.5 Å². The number of ether oxygens (including phenoxy) is 1. The maximum atomic E-state index is 13.9. The van der Waals surface area contributed by atoms with E-state index in [-0.39, 0.29) is 42.9 Å². The highest BCUT2D eigenvalue weighted by atomic mass is 32.2. The Bertz CT molecular complexity index is 873. The molecule has 146 valence electrons. The summed E-state index contributed by atoms with van der Waals surface area (Å²) < 4.78 is 60.4. The van der Waals surface area contributed by atoms with Crippen LogP contribution in [0, 0.1) is 11.6 Å². The highest BCUT2D eigenvalue weighted by Crippen LogP contribution is 2.26. The molecule has 0 unspecified atom stereocenters. The van der Waals surface area contributed by atoms with Crippen molar-refractivity contribution >= 4 is 15.7 Å². The molecule has 0 radical (unpaired) electrons. The molecule has 0 saturated carbocycles.